The maximum atomic E-state index is 13.6. The topological polar surface area (TPSA) is 74.3 Å². The Kier molecular flexibility index (Phi) is 5.82. The second-order valence-corrected chi connectivity index (χ2v) is 7.40. The van der Waals surface area contributed by atoms with E-state index in [9.17, 15) is 14.0 Å². The number of aromatic nitrogens is 1. The number of urea groups is 1. The Morgan fingerprint density at radius 1 is 1.31 bits per heavy atom. The Bertz CT molecular complexity index is 802. The van der Waals surface area contributed by atoms with Crippen molar-refractivity contribution in [1.82, 2.24) is 15.2 Å². The highest BCUT2D eigenvalue weighted by molar-refractivity contribution is 7.15. The van der Waals surface area contributed by atoms with Crippen molar-refractivity contribution in [3.8, 4) is 0 Å². The number of halogens is 1. The second kappa shape index (κ2) is 8.27. The Balaban J connectivity index is 1.48. The summed E-state index contributed by atoms with van der Waals surface area (Å²) in [5, 5.41) is 5.63. The van der Waals surface area contributed by atoms with Gasteiger partial charge in [0.25, 0.3) is 0 Å². The van der Waals surface area contributed by atoms with Crippen LogP contribution >= 0.6 is 11.3 Å². The summed E-state index contributed by atoms with van der Waals surface area (Å²) in [6.07, 6.45) is 4.24. The molecule has 2 heterocycles. The molecule has 0 spiro atoms. The minimum absolute atomic E-state index is 0.0211. The molecule has 1 aliphatic heterocycles. The van der Waals surface area contributed by atoms with Gasteiger partial charge in [0.15, 0.2) is 5.13 Å². The first-order valence-electron chi connectivity index (χ1n) is 8.53. The molecular weight excluding hydrogens is 355 g/mol. The van der Waals surface area contributed by atoms with Crippen molar-refractivity contribution in [3.05, 3.63) is 46.2 Å². The largest absolute Gasteiger partial charge is 0.341 e. The minimum atomic E-state index is -0.458. The standard InChI is InChI=1S/C18H21FN4O2S/c1-12-4-5-13(9-15(12)19)8-14-10-21-18(26-14)22-17(25)20-11-16(24)23-6-2-3-7-23/h4-5,9-10H,2-3,6-8,11H2,1H3,(H2,20,21,22,25). The van der Waals surface area contributed by atoms with Gasteiger partial charge in [-0.1, -0.05) is 12.1 Å². The number of aryl methyl sites for hydroxylation is 1. The molecule has 0 saturated carbocycles. The Hall–Kier alpha value is -2.48. The summed E-state index contributed by atoms with van der Waals surface area (Å²) in [4.78, 5) is 30.6. The molecule has 1 aromatic heterocycles. The third kappa shape index (κ3) is 4.78. The number of hydrogen-bond donors (Lipinski definition) is 2. The van der Waals surface area contributed by atoms with Crippen LogP contribution in [-0.4, -0.2) is 41.5 Å². The summed E-state index contributed by atoms with van der Waals surface area (Å²) in [7, 11) is 0. The first-order chi connectivity index (χ1) is 12.5. The van der Waals surface area contributed by atoms with E-state index in [2.05, 4.69) is 15.6 Å². The van der Waals surface area contributed by atoms with Gasteiger partial charge in [-0.05, 0) is 37.0 Å². The second-order valence-electron chi connectivity index (χ2n) is 6.29. The lowest BCUT2D eigenvalue weighted by Gasteiger charge is -2.15. The zero-order valence-corrected chi connectivity index (χ0v) is 15.4. The van der Waals surface area contributed by atoms with Crippen LogP contribution in [0.1, 0.15) is 28.8 Å². The van der Waals surface area contributed by atoms with Crippen LogP contribution in [0.5, 0.6) is 0 Å². The Morgan fingerprint density at radius 2 is 2.08 bits per heavy atom. The summed E-state index contributed by atoms with van der Waals surface area (Å²) in [5.41, 5.74) is 1.46. The van der Waals surface area contributed by atoms with Crippen LogP contribution in [0, 0.1) is 12.7 Å². The van der Waals surface area contributed by atoms with Gasteiger partial charge >= 0.3 is 6.03 Å². The van der Waals surface area contributed by atoms with E-state index in [0.29, 0.717) is 17.1 Å². The highest BCUT2D eigenvalue weighted by Crippen LogP contribution is 2.22. The van der Waals surface area contributed by atoms with E-state index < -0.39 is 6.03 Å². The molecule has 3 rings (SSSR count). The summed E-state index contributed by atoms with van der Waals surface area (Å²) < 4.78 is 13.6. The predicted octanol–water partition coefficient (Wildman–Crippen LogP) is 2.93. The number of rotatable bonds is 5. The smallest absolute Gasteiger partial charge is 0.321 e. The van der Waals surface area contributed by atoms with Crippen molar-refractivity contribution in [2.45, 2.75) is 26.2 Å². The van der Waals surface area contributed by atoms with E-state index in [1.165, 1.54) is 17.4 Å². The molecule has 26 heavy (non-hydrogen) atoms. The van der Waals surface area contributed by atoms with E-state index in [4.69, 9.17) is 0 Å². The number of carbonyl (C=O) groups excluding carboxylic acids is 2. The van der Waals surface area contributed by atoms with Gasteiger partial charge in [-0.3, -0.25) is 10.1 Å². The maximum absolute atomic E-state index is 13.6. The summed E-state index contributed by atoms with van der Waals surface area (Å²) >= 11 is 1.32. The van der Waals surface area contributed by atoms with Crippen molar-refractivity contribution in [2.24, 2.45) is 0 Å². The summed E-state index contributed by atoms with van der Waals surface area (Å²) in [6, 6.07) is 4.68. The van der Waals surface area contributed by atoms with Gasteiger partial charge in [0.1, 0.15) is 5.82 Å². The number of nitrogens with zero attached hydrogens (tertiary/aromatic N) is 2. The van der Waals surface area contributed by atoms with E-state index in [-0.39, 0.29) is 18.3 Å². The van der Waals surface area contributed by atoms with Crippen molar-refractivity contribution in [1.29, 1.82) is 0 Å². The molecule has 0 bridgehead atoms. The number of amides is 3. The number of hydrogen-bond acceptors (Lipinski definition) is 4. The third-order valence-electron chi connectivity index (χ3n) is 4.25. The normalized spacial score (nSPS) is 13.7. The van der Waals surface area contributed by atoms with Crippen LogP contribution in [0.25, 0.3) is 0 Å². The lowest BCUT2D eigenvalue weighted by molar-refractivity contribution is -0.128. The van der Waals surface area contributed by atoms with Crippen LogP contribution in [0.4, 0.5) is 14.3 Å². The average molecular weight is 376 g/mol. The minimum Gasteiger partial charge on any atom is -0.341 e. The van der Waals surface area contributed by atoms with Crippen molar-refractivity contribution in [2.75, 3.05) is 25.0 Å². The molecular formula is C18H21FN4O2S. The molecule has 1 aliphatic rings. The Morgan fingerprint density at radius 3 is 2.81 bits per heavy atom. The molecule has 0 aliphatic carbocycles. The van der Waals surface area contributed by atoms with E-state index in [1.807, 2.05) is 6.07 Å². The number of benzene rings is 1. The molecule has 1 fully saturated rings. The fourth-order valence-corrected chi connectivity index (χ4v) is 3.61. The molecule has 0 atom stereocenters. The van der Waals surface area contributed by atoms with Crippen LogP contribution < -0.4 is 10.6 Å². The fourth-order valence-electron chi connectivity index (χ4n) is 2.77. The molecule has 0 radical (unpaired) electrons. The quantitative estimate of drug-likeness (QED) is 0.843. The molecule has 1 aromatic carbocycles. The van der Waals surface area contributed by atoms with E-state index >= 15 is 0 Å². The Labute approximate surface area is 155 Å². The molecule has 2 aromatic rings. The zero-order valence-electron chi connectivity index (χ0n) is 14.5. The number of carbonyl (C=O) groups is 2. The van der Waals surface area contributed by atoms with Crippen LogP contribution in [0.3, 0.4) is 0 Å². The number of thiazole rings is 1. The first-order valence-corrected chi connectivity index (χ1v) is 9.35. The maximum Gasteiger partial charge on any atom is 0.321 e. The summed E-state index contributed by atoms with van der Waals surface area (Å²) in [6.45, 7) is 3.22. The SMILES string of the molecule is Cc1ccc(Cc2cnc(NC(=O)NCC(=O)N3CCCC3)s2)cc1F. The van der Waals surface area contributed by atoms with Crippen molar-refractivity contribution < 1.29 is 14.0 Å². The molecule has 1 saturated heterocycles. The molecule has 138 valence electrons. The molecule has 8 heteroatoms. The molecule has 6 nitrogen and oxygen atoms in total. The lowest BCUT2D eigenvalue weighted by atomic mass is 10.1. The molecule has 0 unspecified atom stereocenters. The number of likely N-dealkylation sites (tertiary alicyclic amines) is 1. The third-order valence-corrected chi connectivity index (χ3v) is 5.16. The van der Waals surface area contributed by atoms with Crippen molar-refractivity contribution in [3.63, 3.8) is 0 Å². The average Bonchev–Trinajstić information content (AvgIpc) is 3.28. The zero-order chi connectivity index (χ0) is 18.5. The number of nitrogens with one attached hydrogen (secondary N) is 2. The number of anilines is 1. The van der Waals surface area contributed by atoms with Crippen LogP contribution in [0.15, 0.2) is 24.4 Å². The van der Waals surface area contributed by atoms with Gasteiger partial charge < -0.3 is 10.2 Å². The first kappa shape index (κ1) is 18.3. The van der Waals surface area contributed by atoms with Gasteiger partial charge in [0, 0.05) is 30.6 Å². The van der Waals surface area contributed by atoms with Gasteiger partial charge in [0.2, 0.25) is 5.91 Å². The summed E-state index contributed by atoms with van der Waals surface area (Å²) in [5.74, 6) is -0.300. The van der Waals surface area contributed by atoms with Crippen molar-refractivity contribution >= 4 is 28.4 Å². The molecule has 3 amide bonds. The monoisotopic (exact) mass is 376 g/mol. The van der Waals surface area contributed by atoms with E-state index in [0.717, 1.165) is 36.4 Å². The van der Waals surface area contributed by atoms with Gasteiger partial charge in [0.05, 0.1) is 6.54 Å². The van der Waals surface area contributed by atoms with Crippen LogP contribution in [-0.2, 0) is 11.2 Å². The van der Waals surface area contributed by atoms with E-state index in [1.54, 1.807) is 24.1 Å². The van der Waals surface area contributed by atoms with Gasteiger partial charge in [-0.15, -0.1) is 11.3 Å². The molecule has 2 N–H and O–H groups in total. The highest BCUT2D eigenvalue weighted by Gasteiger charge is 2.18. The lowest BCUT2D eigenvalue weighted by Crippen LogP contribution is -2.40. The highest BCUT2D eigenvalue weighted by atomic mass is 32.1. The van der Waals surface area contributed by atoms with Crippen LogP contribution in [0.2, 0.25) is 0 Å². The fraction of sp³-hybridized carbons (Fsp3) is 0.389. The predicted molar refractivity (Wildman–Crippen MR) is 98.9 cm³/mol. The van der Waals surface area contributed by atoms with Gasteiger partial charge in [-0.2, -0.15) is 0 Å². The van der Waals surface area contributed by atoms with Gasteiger partial charge in [-0.25, -0.2) is 14.2 Å².